The number of piperidine rings is 1. The molecule has 1 amide bonds. The molecule has 1 aromatic heterocycles. The van der Waals surface area contributed by atoms with Crippen molar-refractivity contribution in [2.45, 2.75) is 43.7 Å². The number of methoxy groups -OCH3 is 2. The van der Waals surface area contributed by atoms with Crippen LogP contribution in [0, 0.1) is 0 Å². The Balaban J connectivity index is 1.64. The van der Waals surface area contributed by atoms with Gasteiger partial charge in [0.15, 0.2) is 0 Å². The molecule has 1 aliphatic heterocycles. The molecular weight excluding hydrogens is 541 g/mol. The quantitative estimate of drug-likeness (QED) is 0.301. The lowest BCUT2D eigenvalue weighted by molar-refractivity contribution is -0.143. The first-order chi connectivity index (χ1) is 19.6. The van der Waals surface area contributed by atoms with Gasteiger partial charge in [0.25, 0.3) is 0 Å². The van der Waals surface area contributed by atoms with Crippen molar-refractivity contribution >= 4 is 23.7 Å². The molecule has 41 heavy (non-hydrogen) atoms. The Hall–Kier alpha value is -4.35. The minimum atomic E-state index is -4.74. The minimum Gasteiger partial charge on any atom is -0.495 e. The van der Waals surface area contributed by atoms with Crippen LogP contribution in [0.5, 0.6) is 5.75 Å². The van der Waals surface area contributed by atoms with E-state index in [-0.39, 0.29) is 30.4 Å². The number of nitrogens with one attached hydrogen (secondary N) is 1. The van der Waals surface area contributed by atoms with Gasteiger partial charge in [-0.05, 0) is 48.4 Å². The molecule has 4 rings (SSSR count). The molecule has 2 aromatic carbocycles. The lowest BCUT2D eigenvalue weighted by Gasteiger charge is -2.30. The summed E-state index contributed by atoms with van der Waals surface area (Å²) in [6.45, 7) is 0.862. The van der Waals surface area contributed by atoms with Crippen molar-refractivity contribution in [1.82, 2.24) is 14.9 Å². The van der Waals surface area contributed by atoms with E-state index < -0.39 is 29.7 Å². The monoisotopic (exact) mass is 572 g/mol. The molecule has 12 heteroatoms. The van der Waals surface area contributed by atoms with Crippen LogP contribution in [0.1, 0.15) is 53.5 Å². The summed E-state index contributed by atoms with van der Waals surface area (Å²) < 4.78 is 52.5. The van der Waals surface area contributed by atoms with E-state index >= 15 is 0 Å². The molecule has 2 heterocycles. The Labute approximate surface area is 235 Å². The second-order valence-electron chi connectivity index (χ2n) is 9.79. The Morgan fingerprint density at radius 3 is 2.44 bits per heavy atom. The molecule has 0 spiro atoms. The lowest BCUT2D eigenvalue weighted by Crippen LogP contribution is -2.36. The van der Waals surface area contributed by atoms with Crippen molar-refractivity contribution in [1.29, 1.82) is 0 Å². The summed E-state index contributed by atoms with van der Waals surface area (Å²) >= 11 is 0. The molecule has 1 saturated heterocycles. The standard InChI is InChI=1S/C29H31F3N4O5/c1-40-24-15-20(19-10-12-36(13-11-19)28(38)39)8-9-23(24)34-27-33-17-22(29(30,31)32)26(35-27)21(16-25(37)41-2)14-18-6-4-3-5-7-18/h3-9,15,17,19,21H,10-14,16H2,1-2H3,(H,38,39)(H,33,34,35). The number of likely N-dealkylation sites (tertiary alicyclic amines) is 1. The molecule has 218 valence electrons. The third kappa shape index (κ3) is 7.44. The number of nitrogens with zero attached hydrogens (tertiary/aromatic N) is 3. The van der Waals surface area contributed by atoms with E-state index in [1.54, 1.807) is 36.4 Å². The molecular formula is C29H31F3N4O5. The van der Waals surface area contributed by atoms with E-state index in [2.05, 4.69) is 15.3 Å². The van der Waals surface area contributed by atoms with Gasteiger partial charge in [0.2, 0.25) is 5.95 Å². The van der Waals surface area contributed by atoms with Crippen LogP contribution in [0.4, 0.5) is 29.6 Å². The topological polar surface area (TPSA) is 114 Å². The Morgan fingerprint density at radius 2 is 1.83 bits per heavy atom. The molecule has 0 saturated carbocycles. The van der Waals surface area contributed by atoms with Gasteiger partial charge < -0.3 is 24.8 Å². The molecule has 2 N–H and O–H groups in total. The summed E-state index contributed by atoms with van der Waals surface area (Å²) in [6, 6.07) is 14.3. The second kappa shape index (κ2) is 12.9. The minimum absolute atomic E-state index is 0.0863. The number of anilines is 2. The maximum Gasteiger partial charge on any atom is 0.419 e. The molecule has 0 radical (unpaired) electrons. The zero-order valence-electron chi connectivity index (χ0n) is 22.6. The Morgan fingerprint density at radius 1 is 1.12 bits per heavy atom. The van der Waals surface area contributed by atoms with Crippen molar-refractivity contribution in [3.05, 3.63) is 77.1 Å². The van der Waals surface area contributed by atoms with Crippen molar-refractivity contribution in [2.75, 3.05) is 32.6 Å². The van der Waals surface area contributed by atoms with Crippen LogP contribution in [0.2, 0.25) is 0 Å². The number of carbonyl (C=O) groups is 2. The van der Waals surface area contributed by atoms with E-state index in [0.29, 0.717) is 37.4 Å². The van der Waals surface area contributed by atoms with Crippen molar-refractivity contribution in [3.8, 4) is 5.75 Å². The summed E-state index contributed by atoms with van der Waals surface area (Å²) in [7, 11) is 2.66. The molecule has 1 aliphatic rings. The number of esters is 1. The lowest BCUT2D eigenvalue weighted by atomic mass is 9.89. The van der Waals surface area contributed by atoms with Crippen LogP contribution in [0.25, 0.3) is 0 Å². The first-order valence-corrected chi connectivity index (χ1v) is 13.1. The summed E-state index contributed by atoms with van der Waals surface area (Å²) in [5.74, 6) is -1.09. The van der Waals surface area contributed by atoms with Gasteiger partial charge in [-0.1, -0.05) is 36.4 Å². The number of ether oxygens (including phenoxy) is 2. The van der Waals surface area contributed by atoms with Gasteiger partial charge >= 0.3 is 18.2 Å². The van der Waals surface area contributed by atoms with Gasteiger partial charge in [-0.2, -0.15) is 13.2 Å². The number of hydrogen-bond donors (Lipinski definition) is 2. The molecule has 9 nitrogen and oxygen atoms in total. The van der Waals surface area contributed by atoms with Gasteiger partial charge in [-0.25, -0.2) is 14.8 Å². The normalized spacial score (nSPS) is 14.8. The van der Waals surface area contributed by atoms with Crippen LogP contribution in [-0.4, -0.2) is 59.3 Å². The number of carbonyl (C=O) groups excluding carboxylic acids is 1. The van der Waals surface area contributed by atoms with E-state index in [1.165, 1.54) is 19.1 Å². The van der Waals surface area contributed by atoms with Crippen LogP contribution in [0.15, 0.2) is 54.7 Å². The number of benzene rings is 2. The van der Waals surface area contributed by atoms with Crippen molar-refractivity contribution in [2.24, 2.45) is 0 Å². The Bertz CT molecular complexity index is 1360. The summed E-state index contributed by atoms with van der Waals surface area (Å²) in [5.41, 5.74) is 0.812. The van der Waals surface area contributed by atoms with Gasteiger partial charge in [-0.15, -0.1) is 0 Å². The second-order valence-corrected chi connectivity index (χ2v) is 9.79. The van der Waals surface area contributed by atoms with Gasteiger partial charge in [0.1, 0.15) is 5.75 Å². The highest BCUT2D eigenvalue weighted by atomic mass is 19.4. The smallest absolute Gasteiger partial charge is 0.419 e. The molecule has 1 atom stereocenters. The summed E-state index contributed by atoms with van der Waals surface area (Å²) in [5, 5.41) is 12.2. The zero-order chi connectivity index (χ0) is 29.6. The average molecular weight is 573 g/mol. The predicted octanol–water partition coefficient (Wildman–Crippen LogP) is 5.99. The molecule has 1 fully saturated rings. The van der Waals surface area contributed by atoms with Crippen LogP contribution < -0.4 is 10.1 Å². The van der Waals surface area contributed by atoms with E-state index in [9.17, 15) is 27.9 Å². The fourth-order valence-electron chi connectivity index (χ4n) is 5.02. The molecule has 1 unspecified atom stereocenters. The number of carboxylic acid groups (broad SMARTS) is 1. The highest BCUT2D eigenvalue weighted by molar-refractivity contribution is 5.70. The van der Waals surface area contributed by atoms with Gasteiger partial charge in [0, 0.05) is 25.2 Å². The molecule has 0 aliphatic carbocycles. The Kier molecular flexibility index (Phi) is 9.31. The van der Waals surface area contributed by atoms with E-state index in [4.69, 9.17) is 9.47 Å². The van der Waals surface area contributed by atoms with Gasteiger partial charge in [0.05, 0.1) is 37.6 Å². The number of alkyl halides is 3. The third-order valence-electron chi connectivity index (χ3n) is 7.18. The summed E-state index contributed by atoms with van der Waals surface area (Å²) in [6.07, 6.45) is -3.80. The van der Waals surface area contributed by atoms with Crippen molar-refractivity contribution in [3.63, 3.8) is 0 Å². The fraction of sp³-hybridized carbons (Fsp3) is 0.379. The average Bonchev–Trinajstić information content (AvgIpc) is 2.97. The SMILES string of the molecule is COC(=O)CC(Cc1ccccc1)c1nc(Nc2ccc(C3CCN(C(=O)O)CC3)cc2OC)ncc1C(F)(F)F. The highest BCUT2D eigenvalue weighted by Gasteiger charge is 2.38. The maximum atomic E-state index is 14.1. The number of rotatable bonds is 9. The first-order valence-electron chi connectivity index (χ1n) is 13.1. The van der Waals surface area contributed by atoms with Crippen LogP contribution in [-0.2, 0) is 22.1 Å². The fourth-order valence-corrected chi connectivity index (χ4v) is 5.02. The third-order valence-corrected chi connectivity index (χ3v) is 7.18. The van der Waals surface area contributed by atoms with Gasteiger partial charge in [-0.3, -0.25) is 4.79 Å². The van der Waals surface area contributed by atoms with Crippen LogP contribution >= 0.6 is 0 Å². The number of amides is 1. The van der Waals surface area contributed by atoms with E-state index in [1.807, 2.05) is 12.1 Å². The van der Waals surface area contributed by atoms with Crippen molar-refractivity contribution < 1.29 is 37.3 Å². The highest BCUT2D eigenvalue weighted by Crippen LogP contribution is 2.38. The first kappa shape index (κ1) is 29.6. The van der Waals surface area contributed by atoms with Crippen LogP contribution in [0.3, 0.4) is 0 Å². The predicted molar refractivity (Wildman–Crippen MR) is 144 cm³/mol. The number of aromatic nitrogens is 2. The maximum absolute atomic E-state index is 14.1. The zero-order valence-corrected chi connectivity index (χ0v) is 22.6. The molecule has 3 aromatic rings. The largest absolute Gasteiger partial charge is 0.495 e. The number of hydrogen-bond acceptors (Lipinski definition) is 7. The summed E-state index contributed by atoms with van der Waals surface area (Å²) in [4.78, 5) is 33.0. The van der Waals surface area contributed by atoms with E-state index in [0.717, 1.165) is 17.3 Å². The molecule has 0 bridgehead atoms. The number of halogens is 3.